The largest absolute Gasteiger partial charge is 0.480 e. The van der Waals surface area contributed by atoms with Crippen molar-refractivity contribution in [3.05, 3.63) is 0 Å². The van der Waals surface area contributed by atoms with E-state index in [9.17, 15) is 24.0 Å². The smallest absolute Gasteiger partial charge is 0.410 e. The standard InChI is InChI=1S/C22H36N4O7/c1-22(2,3)33-21(32)26-10-4-5-16(26)19(29)24-12-13-6-8-14(9-7-13)18(28)25-15(20(30)31)11-17(23)27/h13-16H,4-12H2,1-3H3,(H2,23,27)(H,24,29)(H,25,28)(H,30,31)/t13?,14?,15-,16-/m1/s1. The van der Waals surface area contributed by atoms with Crippen LogP contribution < -0.4 is 16.4 Å². The highest BCUT2D eigenvalue weighted by Crippen LogP contribution is 2.29. The van der Waals surface area contributed by atoms with E-state index in [4.69, 9.17) is 15.6 Å². The van der Waals surface area contributed by atoms with E-state index in [1.165, 1.54) is 4.90 Å². The molecule has 0 radical (unpaired) electrons. The fourth-order valence-corrected chi connectivity index (χ4v) is 4.26. The van der Waals surface area contributed by atoms with Crippen molar-refractivity contribution in [2.45, 2.75) is 83.4 Å². The van der Waals surface area contributed by atoms with Crippen molar-refractivity contribution in [2.75, 3.05) is 13.1 Å². The molecular formula is C22H36N4O7. The third-order valence-electron chi connectivity index (χ3n) is 5.99. The average Bonchev–Trinajstić information content (AvgIpc) is 3.20. The summed E-state index contributed by atoms with van der Waals surface area (Å²) in [4.78, 5) is 61.2. The first-order chi connectivity index (χ1) is 15.4. The van der Waals surface area contributed by atoms with Crippen molar-refractivity contribution in [1.29, 1.82) is 0 Å². The number of carbonyl (C=O) groups excluding carboxylic acids is 4. The number of nitrogens with zero attached hydrogens (tertiary/aromatic N) is 1. The molecule has 1 aliphatic heterocycles. The maximum atomic E-state index is 12.7. The van der Waals surface area contributed by atoms with E-state index in [1.807, 2.05) is 0 Å². The highest BCUT2D eigenvalue weighted by Gasteiger charge is 2.37. The minimum Gasteiger partial charge on any atom is -0.480 e. The van der Waals surface area contributed by atoms with Crippen LogP contribution in [0.1, 0.15) is 65.7 Å². The van der Waals surface area contributed by atoms with Gasteiger partial charge in [0.25, 0.3) is 0 Å². The van der Waals surface area contributed by atoms with Crippen LogP contribution in [0.2, 0.25) is 0 Å². The molecule has 2 atom stereocenters. The number of aliphatic carboxylic acids is 1. The van der Waals surface area contributed by atoms with Crippen molar-refractivity contribution in [3.63, 3.8) is 0 Å². The second-order valence-electron chi connectivity index (χ2n) is 9.86. The minimum atomic E-state index is -1.33. The molecule has 1 saturated heterocycles. The molecule has 0 unspecified atom stereocenters. The number of hydrogen-bond acceptors (Lipinski definition) is 6. The molecule has 2 fully saturated rings. The van der Waals surface area contributed by atoms with Gasteiger partial charge >= 0.3 is 12.1 Å². The van der Waals surface area contributed by atoms with Gasteiger partial charge in [-0.1, -0.05) is 0 Å². The summed E-state index contributed by atoms with van der Waals surface area (Å²) in [5.74, 6) is -2.85. The molecular weight excluding hydrogens is 432 g/mol. The van der Waals surface area contributed by atoms with Crippen LogP contribution in [0.25, 0.3) is 0 Å². The van der Waals surface area contributed by atoms with Crippen LogP contribution in [0.3, 0.4) is 0 Å². The third kappa shape index (κ3) is 8.21. The van der Waals surface area contributed by atoms with Gasteiger partial charge in [-0.3, -0.25) is 19.3 Å². The Morgan fingerprint density at radius 2 is 1.70 bits per heavy atom. The first-order valence-corrected chi connectivity index (χ1v) is 11.5. The van der Waals surface area contributed by atoms with E-state index in [2.05, 4.69) is 10.6 Å². The molecule has 0 spiro atoms. The Morgan fingerprint density at radius 1 is 1.06 bits per heavy atom. The van der Waals surface area contributed by atoms with Gasteiger partial charge < -0.3 is 26.2 Å². The number of hydrogen-bond donors (Lipinski definition) is 4. The minimum absolute atomic E-state index is 0.190. The number of nitrogens with two attached hydrogens (primary N) is 1. The monoisotopic (exact) mass is 468 g/mol. The molecule has 0 bridgehead atoms. The number of carboxylic acids is 1. The lowest BCUT2D eigenvalue weighted by atomic mass is 9.81. The molecule has 0 aromatic rings. The van der Waals surface area contributed by atoms with E-state index in [-0.39, 0.29) is 17.7 Å². The molecule has 0 aromatic carbocycles. The molecule has 5 N–H and O–H groups in total. The van der Waals surface area contributed by atoms with E-state index in [0.29, 0.717) is 45.2 Å². The number of carboxylic acid groups (broad SMARTS) is 1. The Bertz CT molecular complexity index is 756. The average molecular weight is 469 g/mol. The number of likely N-dealkylation sites (tertiary alicyclic amines) is 1. The number of carbonyl (C=O) groups is 5. The van der Waals surface area contributed by atoms with Gasteiger partial charge in [-0.05, 0) is 65.2 Å². The zero-order valence-electron chi connectivity index (χ0n) is 19.6. The molecule has 2 rings (SSSR count). The summed E-state index contributed by atoms with van der Waals surface area (Å²) in [7, 11) is 0. The highest BCUT2D eigenvalue weighted by atomic mass is 16.6. The number of ether oxygens (including phenoxy) is 1. The molecule has 33 heavy (non-hydrogen) atoms. The molecule has 11 nitrogen and oxygen atoms in total. The van der Waals surface area contributed by atoms with Gasteiger partial charge in [-0.2, -0.15) is 0 Å². The van der Waals surface area contributed by atoms with Gasteiger partial charge in [0.1, 0.15) is 17.7 Å². The maximum absolute atomic E-state index is 12.7. The molecule has 1 saturated carbocycles. The lowest BCUT2D eigenvalue weighted by molar-refractivity contribution is -0.144. The molecule has 4 amide bonds. The van der Waals surface area contributed by atoms with Crippen LogP contribution in [0.4, 0.5) is 4.79 Å². The van der Waals surface area contributed by atoms with Crippen LogP contribution in [0.15, 0.2) is 0 Å². The van der Waals surface area contributed by atoms with Gasteiger partial charge in [-0.15, -0.1) is 0 Å². The summed E-state index contributed by atoms with van der Waals surface area (Å²) in [6.07, 6.45) is 2.91. The van der Waals surface area contributed by atoms with E-state index < -0.39 is 48.0 Å². The summed E-state index contributed by atoms with van der Waals surface area (Å²) in [6, 6.07) is -1.87. The Kier molecular flexibility index (Phi) is 9.07. The Hall–Kier alpha value is -2.85. The van der Waals surface area contributed by atoms with Crippen molar-refractivity contribution >= 4 is 29.8 Å². The molecule has 11 heteroatoms. The summed E-state index contributed by atoms with van der Waals surface area (Å²) in [6.45, 7) is 6.29. The Labute approximate surface area is 193 Å². The number of amides is 4. The van der Waals surface area contributed by atoms with Gasteiger partial charge in [0.15, 0.2) is 0 Å². The topological polar surface area (TPSA) is 168 Å². The van der Waals surface area contributed by atoms with Crippen LogP contribution in [-0.2, 0) is 23.9 Å². The van der Waals surface area contributed by atoms with Gasteiger partial charge in [0.2, 0.25) is 17.7 Å². The summed E-state index contributed by atoms with van der Waals surface area (Å²) in [5, 5.41) is 14.5. The molecule has 186 valence electrons. The second-order valence-corrected chi connectivity index (χ2v) is 9.86. The van der Waals surface area contributed by atoms with Gasteiger partial charge in [0.05, 0.1) is 6.42 Å². The number of nitrogens with one attached hydrogen (secondary N) is 2. The zero-order valence-corrected chi connectivity index (χ0v) is 19.6. The predicted molar refractivity (Wildman–Crippen MR) is 118 cm³/mol. The van der Waals surface area contributed by atoms with Crippen LogP contribution >= 0.6 is 0 Å². The quantitative estimate of drug-likeness (QED) is 0.407. The Balaban J connectivity index is 1.78. The predicted octanol–water partition coefficient (Wildman–Crippen LogP) is 0.753. The number of rotatable bonds is 8. The van der Waals surface area contributed by atoms with Crippen molar-refractivity contribution in [3.8, 4) is 0 Å². The van der Waals surface area contributed by atoms with Crippen LogP contribution in [0.5, 0.6) is 0 Å². The van der Waals surface area contributed by atoms with Crippen LogP contribution in [-0.4, -0.2) is 70.6 Å². The molecule has 1 aliphatic carbocycles. The SMILES string of the molecule is CC(C)(C)OC(=O)N1CCC[C@@H]1C(=O)NCC1CCC(C(=O)N[C@H](CC(N)=O)C(=O)O)CC1. The summed E-state index contributed by atoms with van der Waals surface area (Å²) >= 11 is 0. The third-order valence-corrected chi connectivity index (χ3v) is 5.99. The fourth-order valence-electron chi connectivity index (χ4n) is 4.26. The summed E-state index contributed by atoms with van der Waals surface area (Å²) in [5.41, 5.74) is 4.41. The van der Waals surface area contributed by atoms with Crippen molar-refractivity contribution in [1.82, 2.24) is 15.5 Å². The zero-order chi connectivity index (χ0) is 24.8. The molecule has 2 aliphatic rings. The molecule has 1 heterocycles. The Morgan fingerprint density at radius 3 is 2.24 bits per heavy atom. The lowest BCUT2D eigenvalue weighted by Crippen LogP contribution is -2.48. The molecule has 0 aromatic heterocycles. The van der Waals surface area contributed by atoms with E-state index in [0.717, 1.165) is 6.42 Å². The van der Waals surface area contributed by atoms with Crippen molar-refractivity contribution < 1.29 is 33.8 Å². The maximum Gasteiger partial charge on any atom is 0.410 e. The number of primary amides is 1. The van der Waals surface area contributed by atoms with Gasteiger partial charge in [-0.25, -0.2) is 9.59 Å². The fraction of sp³-hybridized carbons (Fsp3) is 0.773. The first-order valence-electron chi connectivity index (χ1n) is 11.5. The van der Waals surface area contributed by atoms with Crippen LogP contribution in [0, 0.1) is 11.8 Å². The van der Waals surface area contributed by atoms with E-state index in [1.54, 1.807) is 20.8 Å². The van der Waals surface area contributed by atoms with Gasteiger partial charge in [0, 0.05) is 19.0 Å². The highest BCUT2D eigenvalue weighted by molar-refractivity contribution is 5.89. The summed E-state index contributed by atoms with van der Waals surface area (Å²) < 4.78 is 5.40. The normalized spacial score (nSPS) is 24.0. The first kappa shape index (κ1) is 26.4. The second kappa shape index (κ2) is 11.3. The lowest BCUT2D eigenvalue weighted by Gasteiger charge is -2.30. The van der Waals surface area contributed by atoms with Crippen molar-refractivity contribution in [2.24, 2.45) is 17.6 Å². The van der Waals surface area contributed by atoms with E-state index >= 15 is 0 Å².